The third-order valence-electron chi connectivity index (χ3n) is 2.80. The lowest BCUT2D eigenvalue weighted by Crippen LogP contribution is -2.17. The molecule has 0 amide bonds. The van der Waals surface area contributed by atoms with Crippen LogP contribution in [-0.2, 0) is 13.1 Å². The number of nitrogens with two attached hydrogens (primary N) is 1. The van der Waals surface area contributed by atoms with Crippen molar-refractivity contribution in [3.05, 3.63) is 63.9 Å². The number of rotatable bonds is 4. The zero-order chi connectivity index (χ0) is 13.8. The van der Waals surface area contributed by atoms with Crippen molar-refractivity contribution in [1.29, 1.82) is 0 Å². The van der Waals surface area contributed by atoms with E-state index in [0.29, 0.717) is 0 Å². The number of anilines is 1. The van der Waals surface area contributed by atoms with Crippen LogP contribution in [0.4, 0.5) is 10.1 Å². The van der Waals surface area contributed by atoms with Gasteiger partial charge in [0.25, 0.3) is 0 Å². The van der Waals surface area contributed by atoms with Gasteiger partial charge in [0.05, 0.1) is 0 Å². The average molecular weight is 323 g/mol. The van der Waals surface area contributed by atoms with Gasteiger partial charge >= 0.3 is 0 Å². The SMILES string of the molecule is CN(Cc1ccc(F)cc1)Cc1cc(N)cc(Br)c1. The molecule has 0 saturated heterocycles. The standard InChI is InChI=1S/C15H16BrFN2/c1-19(9-11-2-4-14(17)5-3-11)10-12-6-13(16)8-15(18)7-12/h2-8H,9-10,18H2,1H3. The molecule has 0 radical (unpaired) electrons. The first-order valence-electron chi connectivity index (χ1n) is 6.01. The summed E-state index contributed by atoms with van der Waals surface area (Å²) in [6.07, 6.45) is 0. The lowest BCUT2D eigenvalue weighted by atomic mass is 10.1. The van der Waals surface area contributed by atoms with E-state index in [1.165, 1.54) is 12.1 Å². The fourth-order valence-electron chi connectivity index (χ4n) is 2.04. The van der Waals surface area contributed by atoms with Crippen molar-refractivity contribution in [1.82, 2.24) is 4.90 Å². The third kappa shape index (κ3) is 4.33. The molecule has 0 fully saturated rings. The molecule has 0 bridgehead atoms. The number of hydrogen-bond acceptors (Lipinski definition) is 2. The van der Waals surface area contributed by atoms with Crippen molar-refractivity contribution < 1.29 is 4.39 Å². The number of halogens is 2. The van der Waals surface area contributed by atoms with Crippen LogP contribution in [0.2, 0.25) is 0 Å². The topological polar surface area (TPSA) is 29.3 Å². The van der Waals surface area contributed by atoms with E-state index in [1.807, 2.05) is 19.2 Å². The molecule has 19 heavy (non-hydrogen) atoms. The molecule has 4 heteroatoms. The van der Waals surface area contributed by atoms with E-state index < -0.39 is 0 Å². The lowest BCUT2D eigenvalue weighted by molar-refractivity contribution is 0.319. The number of nitrogen functional groups attached to an aromatic ring is 1. The van der Waals surface area contributed by atoms with Crippen LogP contribution >= 0.6 is 15.9 Å². The van der Waals surface area contributed by atoms with Crippen LogP contribution in [-0.4, -0.2) is 11.9 Å². The van der Waals surface area contributed by atoms with Crippen molar-refractivity contribution in [2.75, 3.05) is 12.8 Å². The highest BCUT2D eigenvalue weighted by Gasteiger charge is 2.04. The minimum absolute atomic E-state index is 0.203. The molecule has 0 aliphatic rings. The van der Waals surface area contributed by atoms with Crippen molar-refractivity contribution in [2.45, 2.75) is 13.1 Å². The quantitative estimate of drug-likeness (QED) is 0.867. The second-order valence-corrected chi connectivity index (χ2v) is 5.61. The fourth-order valence-corrected chi connectivity index (χ4v) is 2.59. The molecule has 2 nitrogen and oxygen atoms in total. The van der Waals surface area contributed by atoms with Gasteiger partial charge in [0.1, 0.15) is 5.82 Å². The second-order valence-electron chi connectivity index (χ2n) is 4.69. The summed E-state index contributed by atoms with van der Waals surface area (Å²) in [5.41, 5.74) is 8.80. The van der Waals surface area contributed by atoms with Gasteiger partial charge in [0, 0.05) is 23.2 Å². The summed E-state index contributed by atoms with van der Waals surface area (Å²) < 4.78 is 13.8. The van der Waals surface area contributed by atoms with Gasteiger partial charge in [-0.1, -0.05) is 28.1 Å². The maximum Gasteiger partial charge on any atom is 0.123 e. The van der Waals surface area contributed by atoms with Crippen LogP contribution in [0.15, 0.2) is 46.9 Å². The smallest absolute Gasteiger partial charge is 0.123 e. The predicted octanol–water partition coefficient (Wildman–Crippen LogP) is 3.80. The Hall–Kier alpha value is -1.39. The van der Waals surface area contributed by atoms with Gasteiger partial charge < -0.3 is 5.73 Å². The van der Waals surface area contributed by atoms with Crippen molar-refractivity contribution in [2.24, 2.45) is 0 Å². The van der Waals surface area contributed by atoms with E-state index in [1.54, 1.807) is 12.1 Å². The number of nitrogens with zero attached hydrogens (tertiary/aromatic N) is 1. The molecule has 2 N–H and O–H groups in total. The monoisotopic (exact) mass is 322 g/mol. The summed E-state index contributed by atoms with van der Waals surface area (Å²) in [7, 11) is 2.03. The zero-order valence-corrected chi connectivity index (χ0v) is 12.3. The van der Waals surface area contributed by atoms with Crippen molar-refractivity contribution >= 4 is 21.6 Å². The van der Waals surface area contributed by atoms with Gasteiger partial charge in [0.15, 0.2) is 0 Å². The molecule has 2 aromatic rings. The summed E-state index contributed by atoms with van der Waals surface area (Å²) in [6.45, 7) is 1.56. The molecule has 2 rings (SSSR count). The molecule has 0 aliphatic carbocycles. The molecule has 100 valence electrons. The van der Waals surface area contributed by atoms with Crippen LogP contribution in [0.25, 0.3) is 0 Å². The molecule has 0 aromatic heterocycles. The molecule has 0 spiro atoms. The van der Waals surface area contributed by atoms with E-state index in [2.05, 4.69) is 26.9 Å². The Labute approximate surface area is 121 Å². The van der Waals surface area contributed by atoms with Gasteiger partial charge in [0.2, 0.25) is 0 Å². The van der Waals surface area contributed by atoms with Crippen LogP contribution in [0.3, 0.4) is 0 Å². The summed E-state index contributed by atoms with van der Waals surface area (Å²) in [4.78, 5) is 2.16. The van der Waals surface area contributed by atoms with E-state index in [-0.39, 0.29) is 5.82 Å². The highest BCUT2D eigenvalue weighted by atomic mass is 79.9. The highest BCUT2D eigenvalue weighted by molar-refractivity contribution is 9.10. The van der Waals surface area contributed by atoms with E-state index in [9.17, 15) is 4.39 Å². The third-order valence-corrected chi connectivity index (χ3v) is 3.26. The first-order chi connectivity index (χ1) is 9.02. The van der Waals surface area contributed by atoms with E-state index in [0.717, 1.165) is 34.4 Å². The lowest BCUT2D eigenvalue weighted by Gasteiger charge is -2.17. The Morgan fingerprint density at radius 3 is 2.32 bits per heavy atom. The van der Waals surface area contributed by atoms with Crippen LogP contribution in [0, 0.1) is 5.82 Å². The van der Waals surface area contributed by atoms with Gasteiger partial charge in [-0.2, -0.15) is 0 Å². The average Bonchev–Trinajstić information content (AvgIpc) is 2.30. The first kappa shape index (κ1) is 14.0. The maximum absolute atomic E-state index is 12.8. The highest BCUT2D eigenvalue weighted by Crippen LogP contribution is 2.19. The molecule has 0 unspecified atom stereocenters. The van der Waals surface area contributed by atoms with E-state index >= 15 is 0 Å². The Kier molecular flexibility index (Phi) is 4.56. The van der Waals surface area contributed by atoms with Gasteiger partial charge in [-0.05, 0) is 48.5 Å². The summed E-state index contributed by atoms with van der Waals surface area (Å²) in [5.74, 6) is -0.203. The van der Waals surface area contributed by atoms with Crippen LogP contribution in [0.5, 0.6) is 0 Å². The van der Waals surface area contributed by atoms with Crippen molar-refractivity contribution in [3.8, 4) is 0 Å². The van der Waals surface area contributed by atoms with E-state index in [4.69, 9.17) is 5.73 Å². The number of hydrogen-bond donors (Lipinski definition) is 1. The normalized spacial score (nSPS) is 10.9. The molecule has 0 atom stereocenters. The minimum atomic E-state index is -0.203. The van der Waals surface area contributed by atoms with Crippen molar-refractivity contribution in [3.63, 3.8) is 0 Å². The molecular weight excluding hydrogens is 307 g/mol. The van der Waals surface area contributed by atoms with Gasteiger partial charge in [-0.25, -0.2) is 4.39 Å². The first-order valence-corrected chi connectivity index (χ1v) is 6.80. The largest absolute Gasteiger partial charge is 0.399 e. The zero-order valence-electron chi connectivity index (χ0n) is 10.7. The molecular formula is C15H16BrFN2. The molecule has 0 heterocycles. The minimum Gasteiger partial charge on any atom is -0.399 e. The fraction of sp³-hybridized carbons (Fsp3) is 0.200. The summed E-state index contributed by atoms with van der Waals surface area (Å²) in [5, 5.41) is 0. The molecule has 0 aliphatic heterocycles. The predicted molar refractivity (Wildman–Crippen MR) is 80.1 cm³/mol. The van der Waals surface area contributed by atoms with Crippen LogP contribution < -0.4 is 5.73 Å². The molecule has 0 saturated carbocycles. The Balaban J connectivity index is 2.00. The summed E-state index contributed by atoms with van der Waals surface area (Å²) in [6, 6.07) is 12.5. The Morgan fingerprint density at radius 1 is 1.05 bits per heavy atom. The summed E-state index contributed by atoms with van der Waals surface area (Å²) >= 11 is 3.44. The Bertz CT molecular complexity index is 534. The Morgan fingerprint density at radius 2 is 1.68 bits per heavy atom. The van der Waals surface area contributed by atoms with Crippen LogP contribution in [0.1, 0.15) is 11.1 Å². The number of benzene rings is 2. The maximum atomic E-state index is 12.8. The van der Waals surface area contributed by atoms with Gasteiger partial charge in [-0.15, -0.1) is 0 Å². The second kappa shape index (κ2) is 6.17. The molecule has 2 aromatic carbocycles. The van der Waals surface area contributed by atoms with Gasteiger partial charge in [-0.3, -0.25) is 4.90 Å².